The molecule has 0 radical (unpaired) electrons. The summed E-state index contributed by atoms with van der Waals surface area (Å²) in [5.41, 5.74) is 1.15. The van der Waals surface area contributed by atoms with Gasteiger partial charge in [0.1, 0.15) is 5.75 Å². The van der Waals surface area contributed by atoms with Crippen LogP contribution in [0.3, 0.4) is 0 Å². The highest BCUT2D eigenvalue weighted by molar-refractivity contribution is 14.0. The molecule has 2 rings (SSSR count). The summed E-state index contributed by atoms with van der Waals surface area (Å²) in [5, 5.41) is 3.53. The molecule has 0 aromatic heterocycles. The molecular weight excluding hydrogens is 443 g/mol. The Balaban J connectivity index is 0.00000338. The van der Waals surface area contributed by atoms with Gasteiger partial charge in [-0.1, -0.05) is 18.2 Å². The van der Waals surface area contributed by atoms with E-state index in [0.29, 0.717) is 6.04 Å². The highest BCUT2D eigenvalue weighted by Gasteiger charge is 2.24. The van der Waals surface area contributed by atoms with Gasteiger partial charge in [-0.15, -0.1) is 24.0 Å². The molecule has 1 aromatic carbocycles. The minimum Gasteiger partial charge on any atom is -0.496 e. The van der Waals surface area contributed by atoms with Crippen molar-refractivity contribution in [3.63, 3.8) is 0 Å². The summed E-state index contributed by atoms with van der Waals surface area (Å²) in [7, 11) is 7.36. The second kappa shape index (κ2) is 12.3. The first-order valence-corrected chi connectivity index (χ1v) is 8.96. The van der Waals surface area contributed by atoms with Gasteiger partial charge < -0.3 is 19.7 Å². The van der Waals surface area contributed by atoms with Crippen LogP contribution in [0.25, 0.3) is 0 Å². The first kappa shape index (κ1) is 23.0. The highest BCUT2D eigenvalue weighted by atomic mass is 127. The molecule has 1 saturated heterocycles. The summed E-state index contributed by atoms with van der Waals surface area (Å²) in [6.07, 6.45) is 2.48. The number of ether oxygens (including phenoxy) is 2. The molecule has 1 aliphatic rings. The van der Waals surface area contributed by atoms with E-state index in [0.717, 1.165) is 50.1 Å². The molecule has 0 saturated carbocycles. The topological polar surface area (TPSA) is 49.3 Å². The van der Waals surface area contributed by atoms with Gasteiger partial charge in [-0.05, 0) is 25.5 Å². The van der Waals surface area contributed by atoms with Crippen molar-refractivity contribution in [2.24, 2.45) is 4.99 Å². The second-order valence-electron chi connectivity index (χ2n) is 6.42. The van der Waals surface area contributed by atoms with Crippen LogP contribution in [0.2, 0.25) is 0 Å². The van der Waals surface area contributed by atoms with E-state index in [4.69, 9.17) is 9.47 Å². The number of hydrogen-bond donors (Lipinski definition) is 1. The zero-order valence-corrected chi connectivity index (χ0v) is 18.7. The number of rotatable bonds is 8. The molecule has 26 heavy (non-hydrogen) atoms. The van der Waals surface area contributed by atoms with Crippen LogP contribution in [0.4, 0.5) is 0 Å². The molecule has 6 nitrogen and oxygen atoms in total. The van der Waals surface area contributed by atoms with Gasteiger partial charge >= 0.3 is 0 Å². The Morgan fingerprint density at radius 2 is 2.12 bits per heavy atom. The molecule has 1 atom stereocenters. The molecule has 7 heteroatoms. The minimum absolute atomic E-state index is 0. The minimum atomic E-state index is 0. The molecular formula is C19H33IN4O2. The van der Waals surface area contributed by atoms with E-state index in [2.05, 4.69) is 33.2 Å². The van der Waals surface area contributed by atoms with Crippen LogP contribution >= 0.6 is 24.0 Å². The Hall–Kier alpha value is -1.06. The molecule has 148 valence electrons. The van der Waals surface area contributed by atoms with Crippen molar-refractivity contribution >= 4 is 29.9 Å². The summed E-state index contributed by atoms with van der Waals surface area (Å²) in [5.74, 6) is 1.82. The maximum atomic E-state index is 5.45. The fraction of sp³-hybridized carbons (Fsp3) is 0.632. The highest BCUT2D eigenvalue weighted by Crippen LogP contribution is 2.19. The van der Waals surface area contributed by atoms with E-state index in [1.165, 1.54) is 12.8 Å². The van der Waals surface area contributed by atoms with Crippen molar-refractivity contribution in [1.29, 1.82) is 0 Å². The Morgan fingerprint density at radius 1 is 1.35 bits per heavy atom. The average Bonchev–Trinajstić information content (AvgIpc) is 3.08. The van der Waals surface area contributed by atoms with Crippen molar-refractivity contribution in [3.8, 4) is 5.75 Å². The lowest BCUT2D eigenvalue weighted by Gasteiger charge is -2.28. The zero-order chi connectivity index (χ0) is 18.1. The quantitative estimate of drug-likeness (QED) is 0.355. The molecule has 1 fully saturated rings. The largest absolute Gasteiger partial charge is 0.496 e. The Labute approximate surface area is 175 Å². The lowest BCUT2D eigenvalue weighted by atomic mass is 10.2. The number of benzene rings is 1. The van der Waals surface area contributed by atoms with E-state index >= 15 is 0 Å². The SMILES string of the molecule is CN=C(NCC1CCCN1CCOC)N(C)Cc1ccccc1OC.I. The lowest BCUT2D eigenvalue weighted by molar-refractivity contribution is 0.141. The van der Waals surface area contributed by atoms with E-state index in [-0.39, 0.29) is 24.0 Å². The Morgan fingerprint density at radius 3 is 2.81 bits per heavy atom. The van der Waals surface area contributed by atoms with E-state index in [9.17, 15) is 0 Å². The molecule has 1 unspecified atom stereocenters. The normalized spacial score (nSPS) is 17.7. The fourth-order valence-corrected chi connectivity index (χ4v) is 3.39. The fourth-order valence-electron chi connectivity index (χ4n) is 3.39. The van der Waals surface area contributed by atoms with Crippen LogP contribution in [0.5, 0.6) is 5.75 Å². The van der Waals surface area contributed by atoms with Crippen LogP contribution in [-0.2, 0) is 11.3 Å². The number of aliphatic imine (C=N–C) groups is 1. The standard InChI is InChI=1S/C19H32N4O2.HI/c1-20-19(21-14-17-9-7-11-23(17)12-13-24-3)22(2)15-16-8-5-6-10-18(16)25-4;/h5-6,8,10,17H,7,9,11-15H2,1-4H3,(H,20,21);1H. The number of hydrogen-bond acceptors (Lipinski definition) is 4. The van der Waals surface area contributed by atoms with Gasteiger partial charge in [0.2, 0.25) is 0 Å². The molecule has 0 amide bonds. The van der Waals surface area contributed by atoms with Crippen molar-refractivity contribution in [2.75, 3.05) is 54.6 Å². The van der Waals surface area contributed by atoms with Crippen molar-refractivity contribution in [1.82, 2.24) is 15.1 Å². The molecule has 0 bridgehead atoms. The van der Waals surface area contributed by atoms with Crippen LogP contribution in [0, 0.1) is 0 Å². The van der Waals surface area contributed by atoms with Gasteiger partial charge in [-0.2, -0.15) is 0 Å². The smallest absolute Gasteiger partial charge is 0.193 e. The number of para-hydroxylation sites is 1. The van der Waals surface area contributed by atoms with Crippen molar-refractivity contribution in [2.45, 2.75) is 25.4 Å². The molecule has 1 N–H and O–H groups in total. The zero-order valence-electron chi connectivity index (χ0n) is 16.4. The van der Waals surface area contributed by atoms with E-state index < -0.39 is 0 Å². The summed E-state index contributed by atoms with van der Waals surface area (Å²) >= 11 is 0. The predicted octanol–water partition coefficient (Wildman–Crippen LogP) is 2.43. The van der Waals surface area contributed by atoms with Gasteiger partial charge in [-0.25, -0.2) is 0 Å². The van der Waals surface area contributed by atoms with Gasteiger partial charge in [0.25, 0.3) is 0 Å². The summed E-state index contributed by atoms with van der Waals surface area (Å²) in [4.78, 5) is 9.07. The van der Waals surface area contributed by atoms with Gasteiger partial charge in [0, 0.05) is 52.4 Å². The van der Waals surface area contributed by atoms with E-state index in [1.807, 2.05) is 25.2 Å². The Bertz CT molecular complexity index is 556. The van der Waals surface area contributed by atoms with Crippen LogP contribution in [0.1, 0.15) is 18.4 Å². The monoisotopic (exact) mass is 476 g/mol. The van der Waals surface area contributed by atoms with Gasteiger partial charge in [0.05, 0.1) is 13.7 Å². The number of nitrogens with one attached hydrogen (secondary N) is 1. The van der Waals surface area contributed by atoms with Crippen molar-refractivity contribution in [3.05, 3.63) is 29.8 Å². The summed E-state index contributed by atoms with van der Waals surface area (Å²) in [6, 6.07) is 8.65. The number of halogens is 1. The summed E-state index contributed by atoms with van der Waals surface area (Å²) in [6.45, 7) is 4.61. The number of likely N-dealkylation sites (tertiary alicyclic amines) is 1. The third-order valence-electron chi connectivity index (χ3n) is 4.75. The number of guanidine groups is 1. The van der Waals surface area contributed by atoms with E-state index in [1.54, 1.807) is 14.2 Å². The number of methoxy groups -OCH3 is 2. The third kappa shape index (κ3) is 6.59. The first-order valence-electron chi connectivity index (χ1n) is 8.96. The molecule has 1 heterocycles. The predicted molar refractivity (Wildman–Crippen MR) is 118 cm³/mol. The molecule has 1 aromatic rings. The summed E-state index contributed by atoms with van der Waals surface area (Å²) < 4.78 is 10.7. The van der Waals surface area contributed by atoms with Gasteiger partial charge in [0.15, 0.2) is 5.96 Å². The second-order valence-corrected chi connectivity index (χ2v) is 6.42. The molecule has 0 spiro atoms. The average molecular weight is 476 g/mol. The lowest BCUT2D eigenvalue weighted by Crippen LogP contribution is -2.45. The third-order valence-corrected chi connectivity index (χ3v) is 4.75. The number of nitrogens with zero attached hydrogens (tertiary/aromatic N) is 3. The van der Waals surface area contributed by atoms with Crippen molar-refractivity contribution < 1.29 is 9.47 Å². The maximum absolute atomic E-state index is 5.45. The Kier molecular flexibility index (Phi) is 10.9. The van der Waals surface area contributed by atoms with Gasteiger partial charge in [-0.3, -0.25) is 9.89 Å². The first-order chi connectivity index (χ1) is 12.2. The van der Waals surface area contributed by atoms with Crippen LogP contribution in [-0.4, -0.2) is 76.4 Å². The van der Waals surface area contributed by atoms with Crippen LogP contribution in [0.15, 0.2) is 29.3 Å². The maximum Gasteiger partial charge on any atom is 0.193 e. The molecule has 0 aliphatic carbocycles. The van der Waals surface area contributed by atoms with Crippen LogP contribution < -0.4 is 10.1 Å². The molecule has 1 aliphatic heterocycles.